The largest absolute Gasteiger partial charge is 0.478 e. The summed E-state index contributed by atoms with van der Waals surface area (Å²) in [7, 11) is 0. The van der Waals surface area contributed by atoms with Gasteiger partial charge in [0.05, 0.1) is 11.1 Å². The van der Waals surface area contributed by atoms with Crippen LogP contribution < -0.4 is 0 Å². The SMILES string of the molecule is O=C(O)c1ccc(C=CC(=O)c2cc(F)ccc2F)cc1. The van der Waals surface area contributed by atoms with Gasteiger partial charge in [0, 0.05) is 0 Å². The normalized spacial score (nSPS) is 10.8. The molecule has 0 atom stereocenters. The topological polar surface area (TPSA) is 54.4 Å². The maximum atomic E-state index is 13.4. The minimum absolute atomic E-state index is 0.120. The van der Waals surface area contributed by atoms with E-state index in [2.05, 4.69) is 0 Å². The number of carbonyl (C=O) groups excluding carboxylic acids is 1. The molecule has 0 aliphatic rings. The van der Waals surface area contributed by atoms with Gasteiger partial charge in [-0.2, -0.15) is 0 Å². The van der Waals surface area contributed by atoms with E-state index in [1.165, 1.54) is 30.3 Å². The highest BCUT2D eigenvalue weighted by Crippen LogP contribution is 2.12. The van der Waals surface area contributed by atoms with Crippen LogP contribution in [0.4, 0.5) is 8.78 Å². The van der Waals surface area contributed by atoms with Gasteiger partial charge in [-0.25, -0.2) is 13.6 Å². The van der Waals surface area contributed by atoms with E-state index in [0.717, 1.165) is 24.3 Å². The molecule has 106 valence electrons. The monoisotopic (exact) mass is 288 g/mol. The Morgan fingerprint density at radius 3 is 2.29 bits per heavy atom. The van der Waals surface area contributed by atoms with Crippen LogP contribution in [-0.4, -0.2) is 16.9 Å². The highest BCUT2D eigenvalue weighted by Gasteiger charge is 2.10. The van der Waals surface area contributed by atoms with Crippen molar-refractivity contribution in [3.8, 4) is 0 Å². The molecule has 0 aliphatic heterocycles. The Bertz CT molecular complexity index is 719. The summed E-state index contributed by atoms with van der Waals surface area (Å²) >= 11 is 0. The number of carboxylic acid groups (broad SMARTS) is 1. The molecular weight excluding hydrogens is 278 g/mol. The predicted molar refractivity (Wildman–Crippen MR) is 73.1 cm³/mol. The van der Waals surface area contributed by atoms with Crippen molar-refractivity contribution >= 4 is 17.8 Å². The molecule has 5 heteroatoms. The molecule has 0 aromatic heterocycles. The molecule has 0 aliphatic carbocycles. The zero-order valence-electron chi connectivity index (χ0n) is 10.7. The molecule has 0 heterocycles. The van der Waals surface area contributed by atoms with Crippen molar-refractivity contribution < 1.29 is 23.5 Å². The van der Waals surface area contributed by atoms with Crippen molar-refractivity contribution in [1.29, 1.82) is 0 Å². The van der Waals surface area contributed by atoms with Crippen LogP contribution in [0.5, 0.6) is 0 Å². The second-order valence-electron chi connectivity index (χ2n) is 4.25. The summed E-state index contributed by atoms with van der Waals surface area (Å²) in [5.41, 5.74) is 0.341. The van der Waals surface area contributed by atoms with Crippen molar-refractivity contribution in [3.63, 3.8) is 0 Å². The molecule has 0 fully saturated rings. The third-order valence-corrected chi connectivity index (χ3v) is 2.78. The first-order chi connectivity index (χ1) is 9.97. The number of benzene rings is 2. The van der Waals surface area contributed by atoms with E-state index >= 15 is 0 Å². The van der Waals surface area contributed by atoms with Crippen LogP contribution in [0.15, 0.2) is 48.5 Å². The molecule has 21 heavy (non-hydrogen) atoms. The van der Waals surface area contributed by atoms with E-state index in [1.54, 1.807) is 0 Å². The zero-order valence-corrected chi connectivity index (χ0v) is 10.7. The van der Waals surface area contributed by atoms with E-state index in [4.69, 9.17) is 5.11 Å². The Labute approximate surface area is 119 Å². The summed E-state index contributed by atoms with van der Waals surface area (Å²) in [6.07, 6.45) is 2.51. The Hall–Kier alpha value is -2.82. The Morgan fingerprint density at radius 2 is 1.67 bits per heavy atom. The first-order valence-corrected chi connectivity index (χ1v) is 5.98. The smallest absolute Gasteiger partial charge is 0.335 e. The molecule has 2 aromatic carbocycles. The first-order valence-electron chi connectivity index (χ1n) is 5.98. The van der Waals surface area contributed by atoms with Gasteiger partial charge < -0.3 is 5.11 Å². The number of hydrogen-bond acceptors (Lipinski definition) is 2. The molecular formula is C16H10F2O3. The van der Waals surface area contributed by atoms with E-state index in [1.807, 2.05) is 0 Å². The molecule has 0 bridgehead atoms. The highest BCUT2D eigenvalue weighted by atomic mass is 19.1. The lowest BCUT2D eigenvalue weighted by molar-refractivity contribution is 0.0696. The maximum Gasteiger partial charge on any atom is 0.335 e. The van der Waals surface area contributed by atoms with Crippen LogP contribution >= 0.6 is 0 Å². The number of halogens is 2. The second kappa shape index (κ2) is 6.09. The van der Waals surface area contributed by atoms with Crippen LogP contribution in [0.3, 0.4) is 0 Å². The van der Waals surface area contributed by atoms with Crippen LogP contribution in [0.2, 0.25) is 0 Å². The molecule has 0 saturated heterocycles. The van der Waals surface area contributed by atoms with E-state index in [0.29, 0.717) is 5.56 Å². The number of carbonyl (C=O) groups is 2. The van der Waals surface area contributed by atoms with Crippen molar-refractivity contribution in [3.05, 3.63) is 76.9 Å². The summed E-state index contributed by atoms with van der Waals surface area (Å²) < 4.78 is 26.4. The summed E-state index contributed by atoms with van der Waals surface area (Å²) in [5.74, 6) is -3.22. The Kier molecular flexibility index (Phi) is 4.23. The lowest BCUT2D eigenvalue weighted by Gasteiger charge is -1.99. The van der Waals surface area contributed by atoms with Crippen LogP contribution in [-0.2, 0) is 0 Å². The number of ketones is 1. The minimum atomic E-state index is -1.05. The lowest BCUT2D eigenvalue weighted by Crippen LogP contribution is -1.99. The minimum Gasteiger partial charge on any atom is -0.478 e. The molecule has 0 saturated carbocycles. The highest BCUT2D eigenvalue weighted by molar-refractivity contribution is 6.07. The fourth-order valence-electron chi connectivity index (χ4n) is 1.68. The summed E-state index contributed by atoms with van der Waals surface area (Å²) in [6, 6.07) is 8.43. The third-order valence-electron chi connectivity index (χ3n) is 2.78. The fourth-order valence-corrected chi connectivity index (χ4v) is 1.68. The van der Waals surface area contributed by atoms with Gasteiger partial charge in [-0.3, -0.25) is 4.79 Å². The number of allylic oxidation sites excluding steroid dienone is 1. The summed E-state index contributed by atoms with van der Waals surface area (Å²) in [6.45, 7) is 0. The lowest BCUT2D eigenvalue weighted by atomic mass is 10.1. The summed E-state index contributed by atoms with van der Waals surface area (Å²) in [4.78, 5) is 22.5. The van der Waals surface area contributed by atoms with Gasteiger partial charge in [-0.05, 0) is 42.0 Å². The average molecular weight is 288 g/mol. The van der Waals surface area contributed by atoms with Gasteiger partial charge in [0.15, 0.2) is 5.78 Å². The van der Waals surface area contributed by atoms with Crippen molar-refractivity contribution in [2.45, 2.75) is 0 Å². The summed E-state index contributed by atoms with van der Waals surface area (Å²) in [5, 5.41) is 8.75. The van der Waals surface area contributed by atoms with E-state index in [-0.39, 0.29) is 11.1 Å². The molecule has 0 amide bonds. The van der Waals surface area contributed by atoms with Crippen molar-refractivity contribution in [1.82, 2.24) is 0 Å². The van der Waals surface area contributed by atoms with Crippen molar-refractivity contribution in [2.75, 3.05) is 0 Å². The number of rotatable bonds is 4. The maximum absolute atomic E-state index is 13.4. The number of carboxylic acids is 1. The van der Waals surface area contributed by atoms with Crippen LogP contribution in [0, 0.1) is 11.6 Å². The molecule has 0 unspecified atom stereocenters. The molecule has 0 radical (unpaired) electrons. The number of hydrogen-bond donors (Lipinski definition) is 1. The van der Waals surface area contributed by atoms with Crippen LogP contribution in [0.25, 0.3) is 6.08 Å². The molecule has 1 N–H and O–H groups in total. The predicted octanol–water partition coefficient (Wildman–Crippen LogP) is 3.56. The van der Waals surface area contributed by atoms with Gasteiger partial charge in [-0.15, -0.1) is 0 Å². The van der Waals surface area contributed by atoms with Gasteiger partial charge in [0.1, 0.15) is 11.6 Å². The average Bonchev–Trinajstić information content (AvgIpc) is 2.47. The quantitative estimate of drug-likeness (QED) is 0.691. The first kappa shape index (κ1) is 14.6. The molecule has 3 nitrogen and oxygen atoms in total. The van der Waals surface area contributed by atoms with Gasteiger partial charge in [0.25, 0.3) is 0 Å². The van der Waals surface area contributed by atoms with Crippen LogP contribution in [0.1, 0.15) is 26.3 Å². The third kappa shape index (κ3) is 3.60. The van der Waals surface area contributed by atoms with E-state index in [9.17, 15) is 18.4 Å². The van der Waals surface area contributed by atoms with Gasteiger partial charge >= 0.3 is 5.97 Å². The Balaban J connectivity index is 2.18. The van der Waals surface area contributed by atoms with Gasteiger partial charge in [-0.1, -0.05) is 18.2 Å². The zero-order chi connectivity index (χ0) is 15.4. The second-order valence-corrected chi connectivity index (χ2v) is 4.25. The molecule has 2 rings (SSSR count). The standard InChI is InChI=1S/C16H10F2O3/c17-12-6-7-14(18)13(9-12)15(19)8-3-10-1-4-11(5-2-10)16(20)21/h1-9H,(H,20,21). The molecule has 2 aromatic rings. The van der Waals surface area contributed by atoms with E-state index < -0.39 is 23.4 Å². The Morgan fingerprint density at radius 1 is 1.00 bits per heavy atom. The fraction of sp³-hybridized carbons (Fsp3) is 0. The number of aromatic carboxylic acids is 1. The van der Waals surface area contributed by atoms with Crippen molar-refractivity contribution in [2.24, 2.45) is 0 Å². The van der Waals surface area contributed by atoms with Gasteiger partial charge in [0.2, 0.25) is 0 Å². The molecule has 0 spiro atoms.